The average Bonchev–Trinajstić information content (AvgIpc) is 2.43. The number of halogens is 1. The fourth-order valence-corrected chi connectivity index (χ4v) is 1.31. The molecule has 0 amide bonds. The Morgan fingerprint density at radius 2 is 2.06 bits per heavy atom. The second-order valence-electron chi connectivity index (χ2n) is 3.69. The van der Waals surface area contributed by atoms with E-state index in [0.717, 1.165) is 0 Å². The molecule has 0 bridgehead atoms. The van der Waals surface area contributed by atoms with Crippen molar-refractivity contribution in [1.82, 2.24) is 5.32 Å². The Morgan fingerprint density at radius 1 is 1.39 bits per heavy atom. The van der Waals surface area contributed by atoms with Gasteiger partial charge < -0.3 is 20.6 Å². The third-order valence-corrected chi connectivity index (χ3v) is 2.22. The summed E-state index contributed by atoms with van der Waals surface area (Å²) in [6.07, 6.45) is -1.48. The van der Waals surface area contributed by atoms with Crippen molar-refractivity contribution in [3.05, 3.63) is 29.3 Å². The molecule has 0 aliphatic rings. The maximum atomic E-state index is 10.2. The molecule has 4 N–H and O–H groups in total. The first-order chi connectivity index (χ1) is 11.6. The van der Waals surface area contributed by atoms with E-state index in [1.807, 2.05) is 5.32 Å². The van der Waals surface area contributed by atoms with Crippen LogP contribution in [-0.2, 0) is 6.61 Å². The van der Waals surface area contributed by atoms with Crippen molar-refractivity contribution >= 4 is 12.4 Å². The molecular formula is C13H22ClNO3. The molecule has 1 atom stereocenters. The lowest BCUT2D eigenvalue weighted by Gasteiger charge is -2.23. The smallest absolute Gasteiger partial charge is 0.121 e. The van der Waals surface area contributed by atoms with Crippen LogP contribution in [0, 0.1) is 0 Å². The Morgan fingerprint density at radius 3 is 2.61 bits per heavy atom. The van der Waals surface area contributed by atoms with Crippen LogP contribution in [0.25, 0.3) is 0 Å². The third-order valence-electron chi connectivity index (χ3n) is 2.22. The van der Waals surface area contributed by atoms with Crippen molar-refractivity contribution in [3.8, 4) is 5.75 Å². The molecule has 0 radical (unpaired) electrons. The summed E-state index contributed by atoms with van der Waals surface area (Å²) in [5.41, 5.74) is -3.02. The predicted octanol–water partition coefficient (Wildman–Crippen LogP) is 1.73. The number of nitrogens with one attached hydrogen (secondary N) is 1. The van der Waals surface area contributed by atoms with Crippen molar-refractivity contribution in [2.24, 2.45) is 0 Å². The molecule has 0 aliphatic carbocycles. The summed E-state index contributed by atoms with van der Waals surface area (Å²) in [5.74, 6) is -0.224. The lowest BCUT2D eigenvalue weighted by atomic mass is 10.0. The number of aliphatic hydroxyl groups excluding tert-OH is 2. The highest BCUT2D eigenvalue weighted by Crippen LogP contribution is 2.22. The number of rotatable bonds is 4. The zero-order valence-electron chi connectivity index (χ0n) is 18.5. The SMILES string of the molecule is Cl.[2H]C([2H])([2H])C(NC[C@H](O)c1ccc(O)c(CO)c1)(C([2H])([2H])[2H])C([2H])([2H])[2H]. The molecule has 0 unspecified atom stereocenters. The first-order valence-electron chi connectivity index (χ1n) is 9.44. The molecule has 5 heteroatoms. The first kappa shape index (κ1) is 7.10. The van der Waals surface area contributed by atoms with Crippen molar-refractivity contribution in [2.75, 3.05) is 6.54 Å². The van der Waals surface area contributed by atoms with Crippen LogP contribution in [0.4, 0.5) is 0 Å². The fourth-order valence-electron chi connectivity index (χ4n) is 1.31. The Balaban J connectivity index is 0.00000676. The van der Waals surface area contributed by atoms with Gasteiger partial charge in [-0.15, -0.1) is 12.4 Å². The molecular weight excluding hydrogens is 254 g/mol. The van der Waals surface area contributed by atoms with Crippen LogP contribution in [0.15, 0.2) is 18.2 Å². The second-order valence-corrected chi connectivity index (χ2v) is 3.69. The molecule has 0 fully saturated rings. The molecule has 0 spiro atoms. The minimum absolute atomic E-state index is 0. The van der Waals surface area contributed by atoms with Crippen LogP contribution in [-0.4, -0.2) is 27.4 Å². The largest absolute Gasteiger partial charge is 0.508 e. The molecule has 0 saturated carbocycles. The van der Waals surface area contributed by atoms with Gasteiger partial charge in [0.1, 0.15) is 5.75 Å². The summed E-state index contributed by atoms with van der Waals surface area (Å²) in [7, 11) is 0. The zero-order valence-corrected chi connectivity index (χ0v) is 10.3. The first-order valence-corrected chi connectivity index (χ1v) is 4.94. The molecule has 4 nitrogen and oxygen atoms in total. The standard InChI is InChI=1S/C13H21NO3.ClH/c1-13(2,3)14-7-12(17)9-4-5-11(16)10(6-9)8-15;/h4-6,12,14-17H,7-8H2,1-3H3;1H/t12-;/m0./s1/i1D3,2D3,3D3;. The maximum Gasteiger partial charge on any atom is 0.121 e. The van der Waals surface area contributed by atoms with Gasteiger partial charge in [-0.25, -0.2) is 0 Å². The van der Waals surface area contributed by atoms with Crippen LogP contribution in [0.5, 0.6) is 5.75 Å². The summed E-state index contributed by atoms with van der Waals surface area (Å²) in [4.78, 5) is 0. The number of benzene rings is 1. The number of aromatic hydroxyl groups is 1. The van der Waals surface area contributed by atoms with Gasteiger partial charge in [0, 0.05) is 30.0 Å². The Bertz CT molecular complexity index is 595. The zero-order chi connectivity index (χ0) is 20.6. The number of β-amino-alcohol motifs (C(OH)–C–C–N with tert-alkyl or cyclic N) is 1. The molecule has 0 aromatic heterocycles. The summed E-state index contributed by atoms with van der Waals surface area (Å²) < 4.78 is 67.4. The van der Waals surface area contributed by atoms with E-state index in [9.17, 15) is 10.2 Å². The quantitative estimate of drug-likeness (QED) is 0.679. The van der Waals surface area contributed by atoms with Crippen molar-refractivity contribution < 1.29 is 27.7 Å². The Kier molecular flexibility index (Phi) is 2.74. The highest BCUT2D eigenvalue weighted by Gasteiger charge is 2.14. The van der Waals surface area contributed by atoms with E-state index in [-0.39, 0.29) is 29.3 Å². The minimum atomic E-state index is -3.42. The molecule has 0 heterocycles. The molecule has 18 heavy (non-hydrogen) atoms. The molecule has 1 aromatic carbocycles. The number of hydrogen-bond acceptors (Lipinski definition) is 4. The van der Waals surface area contributed by atoms with Gasteiger partial charge in [0.15, 0.2) is 0 Å². The Labute approximate surface area is 127 Å². The van der Waals surface area contributed by atoms with Gasteiger partial charge in [-0.3, -0.25) is 0 Å². The highest BCUT2D eigenvalue weighted by atomic mass is 35.5. The van der Waals surface area contributed by atoms with Crippen LogP contribution in [0.1, 0.15) is 50.1 Å². The van der Waals surface area contributed by atoms with Crippen LogP contribution >= 0.6 is 12.4 Å². The van der Waals surface area contributed by atoms with E-state index in [1.165, 1.54) is 18.2 Å². The second kappa shape index (κ2) is 6.95. The van der Waals surface area contributed by atoms with Gasteiger partial charge in [-0.2, -0.15) is 0 Å². The van der Waals surface area contributed by atoms with Gasteiger partial charge in [-0.05, 0) is 38.3 Å². The normalized spacial score (nSPS) is 22.4. The van der Waals surface area contributed by atoms with Crippen LogP contribution < -0.4 is 5.32 Å². The van der Waals surface area contributed by atoms with E-state index in [2.05, 4.69) is 0 Å². The lowest BCUT2D eigenvalue weighted by Crippen LogP contribution is -2.38. The minimum Gasteiger partial charge on any atom is -0.508 e. The average molecular weight is 285 g/mol. The van der Waals surface area contributed by atoms with E-state index >= 15 is 0 Å². The molecule has 0 aliphatic heterocycles. The monoisotopic (exact) mass is 284 g/mol. The third kappa shape index (κ3) is 5.23. The van der Waals surface area contributed by atoms with E-state index < -0.39 is 45.4 Å². The van der Waals surface area contributed by atoms with E-state index in [4.69, 9.17) is 17.4 Å². The topological polar surface area (TPSA) is 72.7 Å². The molecule has 1 rings (SSSR count). The van der Waals surface area contributed by atoms with E-state index in [1.54, 1.807) is 0 Å². The Hall–Kier alpha value is -0.810. The lowest BCUT2D eigenvalue weighted by molar-refractivity contribution is 0.163. The van der Waals surface area contributed by atoms with E-state index in [0.29, 0.717) is 0 Å². The highest BCUT2D eigenvalue weighted by molar-refractivity contribution is 5.85. The summed E-state index contributed by atoms with van der Waals surface area (Å²) >= 11 is 0. The summed E-state index contributed by atoms with van der Waals surface area (Å²) in [5, 5.41) is 30.9. The number of aliphatic hydroxyl groups is 2. The predicted molar refractivity (Wildman–Crippen MR) is 74.0 cm³/mol. The maximum absolute atomic E-state index is 10.2. The molecule has 104 valence electrons. The summed E-state index contributed by atoms with van der Waals surface area (Å²) in [6.45, 7) is -11.5. The van der Waals surface area contributed by atoms with Gasteiger partial charge in [0.2, 0.25) is 0 Å². The summed E-state index contributed by atoms with van der Waals surface area (Å²) in [6, 6.07) is 3.71. The molecule has 0 saturated heterocycles. The number of phenols is 1. The van der Waals surface area contributed by atoms with Gasteiger partial charge in [0.05, 0.1) is 12.7 Å². The van der Waals surface area contributed by atoms with Gasteiger partial charge >= 0.3 is 0 Å². The van der Waals surface area contributed by atoms with Crippen LogP contribution in [0.2, 0.25) is 0 Å². The molecule has 1 aromatic rings. The van der Waals surface area contributed by atoms with Gasteiger partial charge in [0.25, 0.3) is 0 Å². The fraction of sp³-hybridized carbons (Fsp3) is 0.538. The van der Waals surface area contributed by atoms with Crippen LogP contribution in [0.3, 0.4) is 0 Å². The number of hydrogen-bond donors (Lipinski definition) is 4. The van der Waals surface area contributed by atoms with Crippen molar-refractivity contribution in [3.63, 3.8) is 0 Å². The van der Waals surface area contributed by atoms with Gasteiger partial charge in [-0.1, -0.05) is 6.07 Å². The van der Waals surface area contributed by atoms with Crippen molar-refractivity contribution in [2.45, 2.75) is 38.8 Å². The van der Waals surface area contributed by atoms with Crippen molar-refractivity contribution in [1.29, 1.82) is 0 Å².